The van der Waals surface area contributed by atoms with Crippen molar-refractivity contribution in [3.63, 3.8) is 0 Å². The molecule has 2 amide bonds. The van der Waals surface area contributed by atoms with Crippen LogP contribution in [0.5, 0.6) is 0 Å². The molecular formula is C44H44N4O3. The summed E-state index contributed by atoms with van der Waals surface area (Å²) in [5.41, 5.74) is 6.27. The molecule has 0 bridgehead atoms. The summed E-state index contributed by atoms with van der Waals surface area (Å²) < 4.78 is 0. The van der Waals surface area contributed by atoms with Crippen molar-refractivity contribution in [3.05, 3.63) is 178 Å². The van der Waals surface area contributed by atoms with Gasteiger partial charge in [-0.25, -0.2) is 0 Å². The minimum atomic E-state index is -0.826. The van der Waals surface area contributed by atoms with Gasteiger partial charge in [-0.1, -0.05) is 133 Å². The number of nitrogens with zero attached hydrogens (tertiary/aromatic N) is 2. The van der Waals surface area contributed by atoms with Crippen molar-refractivity contribution in [2.45, 2.75) is 25.6 Å². The van der Waals surface area contributed by atoms with E-state index in [-0.39, 0.29) is 24.1 Å². The molecule has 0 unspecified atom stereocenters. The van der Waals surface area contributed by atoms with Gasteiger partial charge in [0.2, 0.25) is 0 Å². The molecule has 0 radical (unpaired) electrons. The first kappa shape index (κ1) is 35.2. The van der Waals surface area contributed by atoms with E-state index >= 15 is 0 Å². The van der Waals surface area contributed by atoms with Crippen LogP contribution in [0.15, 0.2) is 140 Å². The molecule has 1 saturated heterocycles. The van der Waals surface area contributed by atoms with E-state index in [0.717, 1.165) is 56.0 Å². The van der Waals surface area contributed by atoms with E-state index in [0.29, 0.717) is 17.5 Å². The number of piperazine rings is 1. The van der Waals surface area contributed by atoms with Crippen LogP contribution in [-0.2, 0) is 24.3 Å². The number of amides is 2. The Morgan fingerprint density at radius 1 is 0.569 bits per heavy atom. The van der Waals surface area contributed by atoms with Crippen molar-refractivity contribution in [1.29, 1.82) is 0 Å². The fraction of sp³-hybridized carbons (Fsp3) is 0.205. The maximum atomic E-state index is 13.7. The fourth-order valence-corrected chi connectivity index (χ4v) is 6.29. The van der Waals surface area contributed by atoms with Crippen LogP contribution in [-0.4, -0.2) is 66.2 Å². The summed E-state index contributed by atoms with van der Waals surface area (Å²) in [4.78, 5) is 44.8. The lowest BCUT2D eigenvalue weighted by molar-refractivity contribution is -0.119. The lowest BCUT2D eigenvalue weighted by Crippen LogP contribution is -2.46. The largest absolute Gasteiger partial charge is 0.345 e. The summed E-state index contributed by atoms with van der Waals surface area (Å²) in [6, 6.07) is 44.1. The molecule has 1 fully saturated rings. The number of nitrogens with one attached hydrogen (secondary N) is 2. The van der Waals surface area contributed by atoms with Gasteiger partial charge in [-0.05, 0) is 52.4 Å². The third-order valence-corrected chi connectivity index (χ3v) is 9.20. The lowest BCUT2D eigenvalue weighted by Gasteiger charge is -2.34. The number of hydrogen-bond acceptors (Lipinski definition) is 5. The zero-order valence-corrected chi connectivity index (χ0v) is 28.8. The van der Waals surface area contributed by atoms with Gasteiger partial charge >= 0.3 is 0 Å². The smallest absolute Gasteiger partial charge is 0.252 e. The standard InChI is InChI=1S/C44H44N4O3/c49-42(31-45-43(50)39-17-8-3-9-18-39)41(30-35-12-4-1-5-13-35)46-44(51)40-19-11-10-16-38(40)25-24-34-20-22-37(23-21-34)33-48-28-26-47(27-29-48)32-36-14-6-2-7-15-36/h1-25,41H,26-33H2,(H,45,50)(H,46,51)/t41-/m0/s1. The first-order valence-corrected chi connectivity index (χ1v) is 17.6. The Labute approximate surface area is 300 Å². The molecule has 7 heteroatoms. The minimum Gasteiger partial charge on any atom is -0.345 e. The molecule has 258 valence electrons. The number of hydrogen-bond donors (Lipinski definition) is 2. The summed E-state index contributed by atoms with van der Waals surface area (Å²) in [5, 5.41) is 5.67. The number of benzene rings is 5. The fourth-order valence-electron chi connectivity index (χ4n) is 6.29. The Morgan fingerprint density at radius 2 is 1.10 bits per heavy atom. The van der Waals surface area contributed by atoms with Gasteiger partial charge in [0, 0.05) is 50.4 Å². The minimum absolute atomic E-state index is 0.201. The zero-order chi connectivity index (χ0) is 35.3. The van der Waals surface area contributed by atoms with Gasteiger partial charge in [-0.3, -0.25) is 24.2 Å². The number of carbonyl (C=O) groups excluding carboxylic acids is 3. The molecule has 0 aliphatic carbocycles. The van der Waals surface area contributed by atoms with Gasteiger partial charge in [0.1, 0.15) is 0 Å². The zero-order valence-electron chi connectivity index (χ0n) is 28.8. The SMILES string of the molecule is O=C(NCC(=O)[C@H](Cc1ccccc1)NC(=O)c1ccccc1C=Cc1ccc(CN2CCN(Cc3ccccc3)CC2)cc1)c1ccccc1. The van der Waals surface area contributed by atoms with E-state index in [1.807, 2.05) is 66.7 Å². The average molecular weight is 677 g/mol. The Kier molecular flexibility index (Phi) is 12.3. The van der Waals surface area contributed by atoms with Crippen LogP contribution >= 0.6 is 0 Å². The first-order valence-electron chi connectivity index (χ1n) is 17.6. The van der Waals surface area contributed by atoms with Crippen LogP contribution in [0.2, 0.25) is 0 Å². The maximum absolute atomic E-state index is 13.7. The molecule has 2 N–H and O–H groups in total. The summed E-state index contributed by atoms with van der Waals surface area (Å²) in [6.45, 7) is 5.95. The lowest BCUT2D eigenvalue weighted by atomic mass is 10.00. The number of Topliss-reactive ketones (excluding diaryl/α,β-unsaturated/α-hetero) is 1. The third kappa shape index (κ3) is 10.4. The number of ketones is 1. The Balaban J connectivity index is 1.06. The van der Waals surface area contributed by atoms with Crippen LogP contribution in [0.1, 0.15) is 48.5 Å². The highest BCUT2D eigenvalue weighted by Gasteiger charge is 2.23. The van der Waals surface area contributed by atoms with Crippen LogP contribution in [0.4, 0.5) is 0 Å². The normalized spacial score (nSPS) is 14.2. The first-order chi connectivity index (χ1) is 25.0. The van der Waals surface area contributed by atoms with Gasteiger partial charge in [-0.15, -0.1) is 0 Å². The van der Waals surface area contributed by atoms with Gasteiger partial charge in [-0.2, -0.15) is 0 Å². The molecule has 7 nitrogen and oxygen atoms in total. The second-order valence-corrected chi connectivity index (χ2v) is 12.9. The van der Waals surface area contributed by atoms with Gasteiger partial charge < -0.3 is 10.6 Å². The summed E-state index contributed by atoms with van der Waals surface area (Å²) in [6.07, 6.45) is 4.24. The van der Waals surface area contributed by atoms with Crippen molar-refractivity contribution in [2.24, 2.45) is 0 Å². The maximum Gasteiger partial charge on any atom is 0.252 e. The number of carbonyl (C=O) groups is 3. The topological polar surface area (TPSA) is 81.8 Å². The highest BCUT2D eigenvalue weighted by Crippen LogP contribution is 2.17. The van der Waals surface area contributed by atoms with Crippen molar-refractivity contribution >= 4 is 29.7 Å². The van der Waals surface area contributed by atoms with Gasteiger partial charge in [0.05, 0.1) is 12.6 Å². The van der Waals surface area contributed by atoms with Crippen molar-refractivity contribution in [2.75, 3.05) is 32.7 Å². The molecule has 5 aromatic rings. The molecule has 51 heavy (non-hydrogen) atoms. The van der Waals surface area contributed by atoms with Crippen molar-refractivity contribution in [1.82, 2.24) is 20.4 Å². The van der Waals surface area contributed by atoms with Crippen LogP contribution in [0, 0.1) is 0 Å². The van der Waals surface area contributed by atoms with Gasteiger partial charge in [0.25, 0.3) is 11.8 Å². The second-order valence-electron chi connectivity index (χ2n) is 12.9. The highest BCUT2D eigenvalue weighted by atomic mass is 16.2. The Hall–Kier alpha value is -5.63. The summed E-state index contributed by atoms with van der Waals surface area (Å²) in [7, 11) is 0. The van der Waals surface area contributed by atoms with Crippen LogP contribution in [0.25, 0.3) is 12.2 Å². The summed E-state index contributed by atoms with van der Waals surface area (Å²) >= 11 is 0. The van der Waals surface area contributed by atoms with E-state index in [4.69, 9.17) is 0 Å². The summed E-state index contributed by atoms with van der Waals surface area (Å²) in [5.74, 6) is -0.966. The highest BCUT2D eigenvalue weighted by molar-refractivity contribution is 6.02. The van der Waals surface area contributed by atoms with E-state index < -0.39 is 6.04 Å². The number of rotatable bonds is 14. The molecule has 1 aliphatic heterocycles. The molecule has 0 aromatic heterocycles. The van der Waals surface area contributed by atoms with Gasteiger partial charge in [0.15, 0.2) is 5.78 Å². The molecule has 6 rings (SSSR count). The van der Waals surface area contributed by atoms with E-state index in [1.54, 1.807) is 30.3 Å². The average Bonchev–Trinajstić information content (AvgIpc) is 3.18. The Morgan fingerprint density at radius 3 is 1.73 bits per heavy atom. The quantitative estimate of drug-likeness (QED) is 0.131. The third-order valence-electron chi connectivity index (χ3n) is 9.20. The monoisotopic (exact) mass is 676 g/mol. The van der Waals surface area contributed by atoms with Crippen molar-refractivity contribution < 1.29 is 14.4 Å². The molecule has 1 aliphatic rings. The molecule has 1 heterocycles. The molecule has 0 saturated carbocycles. The van der Waals surface area contributed by atoms with Crippen LogP contribution < -0.4 is 10.6 Å². The van der Waals surface area contributed by atoms with Crippen molar-refractivity contribution in [3.8, 4) is 0 Å². The second kappa shape index (κ2) is 17.9. The molecule has 5 aromatic carbocycles. The predicted molar refractivity (Wildman–Crippen MR) is 204 cm³/mol. The van der Waals surface area contributed by atoms with Crippen LogP contribution in [0.3, 0.4) is 0 Å². The van der Waals surface area contributed by atoms with E-state index in [2.05, 4.69) is 75.0 Å². The Bertz CT molecular complexity index is 1900. The predicted octanol–water partition coefficient (Wildman–Crippen LogP) is 6.52. The van der Waals surface area contributed by atoms with E-state index in [9.17, 15) is 14.4 Å². The molecular weight excluding hydrogens is 633 g/mol. The molecule has 0 spiro atoms. The molecule has 1 atom stereocenters. The van der Waals surface area contributed by atoms with E-state index in [1.165, 1.54) is 11.1 Å².